The molecule has 1 fully saturated rings. The number of halogens is 5. The summed E-state index contributed by atoms with van der Waals surface area (Å²) in [5.41, 5.74) is -1.34. The summed E-state index contributed by atoms with van der Waals surface area (Å²) in [6.45, 7) is 5.94. The highest BCUT2D eigenvalue weighted by molar-refractivity contribution is 5.77. The number of methoxy groups -OCH3 is 1. The summed E-state index contributed by atoms with van der Waals surface area (Å²) in [5, 5.41) is 0. The first kappa shape index (κ1) is 21.6. The Kier molecular flexibility index (Phi) is 6.83. The molecule has 1 aromatic rings. The molecule has 1 aromatic carbocycles. The molecule has 4 atom stereocenters. The highest BCUT2D eigenvalue weighted by Crippen LogP contribution is 2.37. The molecule has 0 aromatic heterocycles. The van der Waals surface area contributed by atoms with E-state index in [-0.39, 0.29) is 17.8 Å². The number of ether oxygens (including phenoxy) is 2. The van der Waals surface area contributed by atoms with E-state index in [1.54, 1.807) is 0 Å². The molecule has 0 radical (unpaired) electrons. The SMILES string of the molecule is CO[C@H](C(=O)O[C@@H]1C[C@H](C)CC[C@H]1C(C)C)c1c(F)c(F)c(F)c(F)c1F. The maximum absolute atomic E-state index is 14.0. The molecule has 0 saturated heterocycles. The molecule has 0 N–H and O–H groups in total. The monoisotopic (exact) mass is 394 g/mol. The Morgan fingerprint density at radius 1 is 0.963 bits per heavy atom. The van der Waals surface area contributed by atoms with Crippen LogP contribution in [0.15, 0.2) is 0 Å². The van der Waals surface area contributed by atoms with Crippen LogP contribution in [0.25, 0.3) is 0 Å². The largest absolute Gasteiger partial charge is 0.460 e. The molecular weight excluding hydrogens is 371 g/mol. The Bertz CT molecular complexity index is 678. The average molecular weight is 394 g/mol. The molecule has 0 bridgehead atoms. The van der Waals surface area contributed by atoms with Crippen molar-refractivity contribution in [2.24, 2.45) is 17.8 Å². The van der Waals surface area contributed by atoms with Crippen LogP contribution in [0.5, 0.6) is 0 Å². The van der Waals surface area contributed by atoms with Gasteiger partial charge in [-0.25, -0.2) is 26.7 Å². The van der Waals surface area contributed by atoms with Gasteiger partial charge in [0.1, 0.15) is 6.10 Å². The maximum atomic E-state index is 14.0. The van der Waals surface area contributed by atoms with E-state index in [2.05, 4.69) is 0 Å². The van der Waals surface area contributed by atoms with E-state index in [0.29, 0.717) is 6.42 Å². The first-order valence-electron chi connectivity index (χ1n) is 8.84. The molecule has 0 heterocycles. The first-order chi connectivity index (χ1) is 12.6. The number of carbonyl (C=O) groups excluding carboxylic acids is 1. The quantitative estimate of drug-likeness (QED) is 0.303. The van der Waals surface area contributed by atoms with Crippen molar-refractivity contribution in [2.75, 3.05) is 7.11 Å². The van der Waals surface area contributed by atoms with Gasteiger partial charge in [0.25, 0.3) is 0 Å². The van der Waals surface area contributed by atoms with Gasteiger partial charge in [0.05, 0.1) is 5.56 Å². The van der Waals surface area contributed by atoms with Gasteiger partial charge in [0.2, 0.25) is 5.82 Å². The fraction of sp³-hybridized carbons (Fsp3) is 0.632. The van der Waals surface area contributed by atoms with Crippen LogP contribution in [0.1, 0.15) is 51.7 Å². The van der Waals surface area contributed by atoms with Crippen molar-refractivity contribution in [3.63, 3.8) is 0 Å². The standard InChI is InChI=1S/C19H23F5O3/c1-8(2)10-6-5-9(3)7-11(10)27-19(25)18(26-4)12-13(20)15(22)17(24)16(23)14(12)21/h8-11,18H,5-7H2,1-4H3/t9-,10+,11-,18+/m1/s1. The third-order valence-corrected chi connectivity index (χ3v) is 5.18. The Morgan fingerprint density at radius 2 is 1.48 bits per heavy atom. The summed E-state index contributed by atoms with van der Waals surface area (Å²) >= 11 is 0. The predicted molar refractivity (Wildman–Crippen MR) is 87.2 cm³/mol. The summed E-state index contributed by atoms with van der Waals surface area (Å²) in [7, 11) is 0.938. The molecule has 0 amide bonds. The minimum Gasteiger partial charge on any atom is -0.460 e. The average Bonchev–Trinajstić information content (AvgIpc) is 2.61. The Hall–Kier alpha value is -1.70. The fourth-order valence-electron chi connectivity index (χ4n) is 3.65. The lowest BCUT2D eigenvalue weighted by Crippen LogP contribution is -2.37. The van der Waals surface area contributed by atoms with Crippen LogP contribution >= 0.6 is 0 Å². The van der Waals surface area contributed by atoms with Gasteiger partial charge < -0.3 is 9.47 Å². The van der Waals surface area contributed by atoms with Gasteiger partial charge in [0, 0.05) is 7.11 Å². The molecule has 0 spiro atoms. The van der Waals surface area contributed by atoms with Crippen molar-refractivity contribution in [3.8, 4) is 0 Å². The molecule has 1 aliphatic carbocycles. The Balaban J connectivity index is 2.34. The van der Waals surface area contributed by atoms with Crippen molar-refractivity contribution >= 4 is 5.97 Å². The van der Waals surface area contributed by atoms with E-state index in [4.69, 9.17) is 9.47 Å². The maximum Gasteiger partial charge on any atom is 0.340 e. The van der Waals surface area contributed by atoms with Crippen LogP contribution in [0.2, 0.25) is 0 Å². The zero-order valence-corrected chi connectivity index (χ0v) is 15.6. The predicted octanol–water partition coefficient (Wildman–Crippen LogP) is 5.07. The number of esters is 1. The minimum atomic E-state index is -2.29. The number of benzene rings is 1. The highest BCUT2D eigenvalue weighted by atomic mass is 19.2. The summed E-state index contributed by atoms with van der Waals surface area (Å²) in [6, 6.07) is 0. The molecule has 1 aliphatic rings. The van der Waals surface area contributed by atoms with E-state index in [1.807, 2.05) is 20.8 Å². The van der Waals surface area contributed by atoms with E-state index in [0.717, 1.165) is 20.0 Å². The van der Waals surface area contributed by atoms with Crippen molar-refractivity contribution in [3.05, 3.63) is 34.6 Å². The number of carbonyl (C=O) groups is 1. The van der Waals surface area contributed by atoms with Gasteiger partial charge in [0.15, 0.2) is 29.4 Å². The van der Waals surface area contributed by atoms with E-state index < -0.39 is 52.8 Å². The molecule has 3 nitrogen and oxygen atoms in total. The van der Waals surface area contributed by atoms with Crippen LogP contribution in [0, 0.1) is 46.8 Å². The zero-order valence-electron chi connectivity index (χ0n) is 15.6. The van der Waals surface area contributed by atoms with Crippen LogP contribution in [-0.4, -0.2) is 19.2 Å². The lowest BCUT2D eigenvalue weighted by atomic mass is 9.75. The highest BCUT2D eigenvalue weighted by Gasteiger charge is 2.39. The van der Waals surface area contributed by atoms with Gasteiger partial charge in [-0.1, -0.05) is 27.2 Å². The van der Waals surface area contributed by atoms with Crippen LogP contribution < -0.4 is 0 Å². The molecule has 0 unspecified atom stereocenters. The van der Waals surface area contributed by atoms with Crippen molar-refractivity contribution in [1.82, 2.24) is 0 Å². The van der Waals surface area contributed by atoms with Crippen LogP contribution in [-0.2, 0) is 14.3 Å². The smallest absolute Gasteiger partial charge is 0.340 e. The Labute approximate surface area is 154 Å². The number of hydrogen-bond donors (Lipinski definition) is 0. The van der Waals surface area contributed by atoms with Gasteiger partial charge in [-0.3, -0.25) is 0 Å². The minimum absolute atomic E-state index is 0.0408. The van der Waals surface area contributed by atoms with E-state index in [9.17, 15) is 26.7 Å². The summed E-state index contributed by atoms with van der Waals surface area (Å²) < 4.78 is 78.4. The zero-order chi connectivity index (χ0) is 20.5. The molecule has 152 valence electrons. The van der Waals surface area contributed by atoms with Crippen LogP contribution in [0.3, 0.4) is 0 Å². The summed E-state index contributed by atoms with van der Waals surface area (Å²) in [4.78, 5) is 12.5. The lowest BCUT2D eigenvalue weighted by molar-refractivity contribution is -0.168. The topological polar surface area (TPSA) is 35.5 Å². The normalized spacial score (nSPS) is 24.1. The number of rotatable bonds is 5. The molecular formula is C19H23F5O3. The Morgan fingerprint density at radius 3 is 1.96 bits per heavy atom. The summed E-state index contributed by atoms with van der Waals surface area (Å²) in [5.74, 6) is -11.4. The lowest BCUT2D eigenvalue weighted by Gasteiger charge is -2.37. The second kappa shape index (κ2) is 8.54. The van der Waals surface area contributed by atoms with E-state index >= 15 is 0 Å². The summed E-state index contributed by atoms with van der Waals surface area (Å²) in [6.07, 6.45) is -0.235. The molecule has 8 heteroatoms. The molecule has 0 aliphatic heterocycles. The first-order valence-corrected chi connectivity index (χ1v) is 8.84. The third kappa shape index (κ3) is 4.25. The van der Waals surface area contributed by atoms with Crippen LogP contribution in [0.4, 0.5) is 22.0 Å². The second-order valence-electron chi connectivity index (χ2n) is 7.40. The van der Waals surface area contributed by atoms with Gasteiger partial charge in [-0.05, 0) is 30.6 Å². The second-order valence-corrected chi connectivity index (χ2v) is 7.40. The fourth-order valence-corrected chi connectivity index (χ4v) is 3.65. The van der Waals surface area contributed by atoms with E-state index in [1.165, 1.54) is 0 Å². The molecule has 1 saturated carbocycles. The van der Waals surface area contributed by atoms with Crippen molar-refractivity contribution < 1.29 is 36.2 Å². The molecule has 2 rings (SSSR count). The van der Waals surface area contributed by atoms with Crippen molar-refractivity contribution in [2.45, 2.75) is 52.2 Å². The van der Waals surface area contributed by atoms with Gasteiger partial charge in [-0.2, -0.15) is 0 Å². The van der Waals surface area contributed by atoms with Gasteiger partial charge in [-0.15, -0.1) is 0 Å². The van der Waals surface area contributed by atoms with Gasteiger partial charge >= 0.3 is 5.97 Å². The number of hydrogen-bond acceptors (Lipinski definition) is 3. The van der Waals surface area contributed by atoms with Crippen molar-refractivity contribution in [1.29, 1.82) is 0 Å². The third-order valence-electron chi connectivity index (χ3n) is 5.18. The molecule has 27 heavy (non-hydrogen) atoms.